The van der Waals surface area contributed by atoms with Gasteiger partial charge in [0.25, 0.3) is 0 Å². The van der Waals surface area contributed by atoms with Gasteiger partial charge in [0, 0.05) is 19.3 Å². The summed E-state index contributed by atoms with van der Waals surface area (Å²) in [5.74, 6) is 0.205. The lowest BCUT2D eigenvalue weighted by Crippen LogP contribution is -2.33. The zero-order valence-corrected chi connectivity index (χ0v) is 12.5. The topological polar surface area (TPSA) is 74.8 Å². The lowest BCUT2D eigenvalue weighted by Gasteiger charge is -2.21. The fourth-order valence-corrected chi connectivity index (χ4v) is 2.54. The number of carbonyl (C=O) groups excluding carboxylic acids is 1. The van der Waals surface area contributed by atoms with Gasteiger partial charge in [0.2, 0.25) is 5.91 Å². The van der Waals surface area contributed by atoms with E-state index in [4.69, 9.17) is 5.26 Å². The van der Waals surface area contributed by atoms with E-state index in [1.165, 1.54) is 11.8 Å². The summed E-state index contributed by atoms with van der Waals surface area (Å²) in [6.07, 6.45) is 1.90. The molecule has 0 N–H and O–H groups in total. The number of aryl methyl sites for hydroxylation is 1. The lowest BCUT2D eigenvalue weighted by molar-refractivity contribution is -0.116. The van der Waals surface area contributed by atoms with Crippen LogP contribution in [0.4, 0.5) is 5.69 Å². The molecule has 0 aliphatic carbocycles. The summed E-state index contributed by atoms with van der Waals surface area (Å²) in [6.45, 7) is 0.388. The third-order valence-electron chi connectivity index (χ3n) is 2.81. The van der Waals surface area contributed by atoms with Crippen LogP contribution in [0.3, 0.4) is 0 Å². The number of nitriles is 1. The first kappa shape index (κ1) is 15.1. The van der Waals surface area contributed by atoms with Crippen LogP contribution in [0.2, 0.25) is 0 Å². The van der Waals surface area contributed by atoms with Crippen molar-refractivity contribution in [3.63, 3.8) is 0 Å². The maximum Gasteiger partial charge on any atom is 0.237 e. The highest BCUT2D eigenvalue weighted by Crippen LogP contribution is 2.18. The van der Waals surface area contributed by atoms with Crippen molar-refractivity contribution in [2.45, 2.75) is 11.6 Å². The molecule has 0 spiro atoms. The van der Waals surface area contributed by atoms with Crippen LogP contribution in [-0.4, -0.2) is 33.0 Å². The average molecular weight is 301 g/mol. The predicted molar refractivity (Wildman–Crippen MR) is 80.8 cm³/mol. The van der Waals surface area contributed by atoms with Gasteiger partial charge in [0.1, 0.15) is 6.33 Å². The number of hydrogen-bond donors (Lipinski definition) is 0. The monoisotopic (exact) mass is 301 g/mol. The zero-order valence-electron chi connectivity index (χ0n) is 11.6. The summed E-state index contributed by atoms with van der Waals surface area (Å²) in [5.41, 5.74) is 0.802. The fourth-order valence-electron chi connectivity index (χ4n) is 1.78. The minimum atomic E-state index is -0.0514. The van der Waals surface area contributed by atoms with Crippen LogP contribution in [0.15, 0.2) is 41.8 Å². The molecule has 1 aromatic carbocycles. The van der Waals surface area contributed by atoms with Gasteiger partial charge in [0.15, 0.2) is 5.16 Å². The van der Waals surface area contributed by atoms with Crippen molar-refractivity contribution in [3.05, 3.63) is 36.7 Å². The van der Waals surface area contributed by atoms with Crippen molar-refractivity contribution in [2.75, 3.05) is 17.2 Å². The molecular weight excluding hydrogens is 286 g/mol. The Morgan fingerprint density at radius 1 is 1.43 bits per heavy atom. The van der Waals surface area contributed by atoms with E-state index in [0.29, 0.717) is 18.1 Å². The Balaban J connectivity index is 2.04. The number of thioether (sulfide) groups is 1. The number of rotatable bonds is 6. The molecule has 6 nitrogen and oxygen atoms in total. The molecule has 0 unspecified atom stereocenters. The number of hydrogen-bond acceptors (Lipinski definition) is 5. The van der Waals surface area contributed by atoms with E-state index in [2.05, 4.69) is 16.3 Å². The molecule has 0 atom stereocenters. The second kappa shape index (κ2) is 7.45. The molecule has 0 radical (unpaired) electrons. The highest BCUT2D eigenvalue weighted by molar-refractivity contribution is 7.99. The van der Waals surface area contributed by atoms with Gasteiger partial charge < -0.3 is 9.47 Å². The quantitative estimate of drug-likeness (QED) is 0.761. The van der Waals surface area contributed by atoms with Gasteiger partial charge in [-0.3, -0.25) is 4.79 Å². The molecule has 108 valence electrons. The Kier molecular flexibility index (Phi) is 5.35. The minimum absolute atomic E-state index is 0.0514. The summed E-state index contributed by atoms with van der Waals surface area (Å²) in [5, 5.41) is 17.1. The van der Waals surface area contributed by atoms with Crippen molar-refractivity contribution in [3.8, 4) is 6.07 Å². The molecule has 21 heavy (non-hydrogen) atoms. The number of benzene rings is 1. The van der Waals surface area contributed by atoms with Gasteiger partial charge in [-0.1, -0.05) is 30.0 Å². The molecule has 2 rings (SSSR count). The zero-order chi connectivity index (χ0) is 15.1. The van der Waals surface area contributed by atoms with E-state index < -0.39 is 0 Å². The molecule has 0 saturated carbocycles. The van der Waals surface area contributed by atoms with E-state index in [-0.39, 0.29) is 11.7 Å². The number of nitrogens with zero attached hydrogens (tertiary/aromatic N) is 5. The average Bonchev–Trinajstić information content (AvgIpc) is 2.92. The third kappa shape index (κ3) is 4.07. The molecule has 0 bridgehead atoms. The van der Waals surface area contributed by atoms with E-state index in [0.717, 1.165) is 5.69 Å². The van der Waals surface area contributed by atoms with Gasteiger partial charge >= 0.3 is 0 Å². The van der Waals surface area contributed by atoms with Crippen molar-refractivity contribution in [1.29, 1.82) is 5.26 Å². The molecule has 1 heterocycles. The van der Waals surface area contributed by atoms with Gasteiger partial charge in [-0.15, -0.1) is 10.2 Å². The Hall–Kier alpha value is -2.33. The normalized spacial score (nSPS) is 10.1. The number of aromatic nitrogens is 3. The molecule has 0 saturated heterocycles. The molecule has 2 aromatic rings. The number of para-hydroxylation sites is 1. The van der Waals surface area contributed by atoms with E-state index in [1.54, 1.807) is 15.8 Å². The number of carbonyl (C=O) groups is 1. The smallest absolute Gasteiger partial charge is 0.237 e. The third-order valence-corrected chi connectivity index (χ3v) is 3.83. The first-order valence-electron chi connectivity index (χ1n) is 6.41. The Bertz CT molecular complexity index is 634. The summed E-state index contributed by atoms with van der Waals surface area (Å²) >= 11 is 1.33. The summed E-state index contributed by atoms with van der Waals surface area (Å²) in [7, 11) is 1.83. The molecule has 0 aliphatic heterocycles. The Morgan fingerprint density at radius 2 is 2.19 bits per heavy atom. The van der Waals surface area contributed by atoms with Gasteiger partial charge in [-0.25, -0.2) is 0 Å². The van der Waals surface area contributed by atoms with E-state index >= 15 is 0 Å². The van der Waals surface area contributed by atoms with Crippen LogP contribution in [0.1, 0.15) is 6.42 Å². The second-order valence-corrected chi connectivity index (χ2v) is 5.24. The number of amides is 1. The van der Waals surface area contributed by atoms with Crippen LogP contribution < -0.4 is 4.90 Å². The highest BCUT2D eigenvalue weighted by atomic mass is 32.2. The van der Waals surface area contributed by atoms with Crippen LogP contribution in [0.5, 0.6) is 0 Å². The first-order valence-corrected chi connectivity index (χ1v) is 7.40. The van der Waals surface area contributed by atoms with Crippen LogP contribution in [0, 0.1) is 11.3 Å². The molecule has 7 heteroatoms. The maximum atomic E-state index is 12.4. The summed E-state index contributed by atoms with van der Waals surface area (Å²) in [4.78, 5) is 14.0. The van der Waals surface area contributed by atoms with Crippen molar-refractivity contribution < 1.29 is 4.79 Å². The van der Waals surface area contributed by atoms with Crippen molar-refractivity contribution >= 4 is 23.4 Å². The SMILES string of the molecule is Cn1cnnc1SCC(=O)N(CCC#N)c1ccccc1. The fraction of sp³-hybridized carbons (Fsp3) is 0.286. The predicted octanol–water partition coefficient (Wildman–Crippen LogP) is 1.85. The Morgan fingerprint density at radius 3 is 2.81 bits per heavy atom. The largest absolute Gasteiger partial charge is 0.312 e. The second-order valence-electron chi connectivity index (χ2n) is 4.30. The molecule has 0 aliphatic rings. The van der Waals surface area contributed by atoms with Crippen LogP contribution in [0.25, 0.3) is 0 Å². The van der Waals surface area contributed by atoms with Crippen molar-refractivity contribution in [1.82, 2.24) is 14.8 Å². The summed E-state index contributed by atoms with van der Waals surface area (Å²) < 4.78 is 1.76. The Labute approximate surface area is 127 Å². The van der Waals surface area contributed by atoms with Gasteiger partial charge in [-0.05, 0) is 12.1 Å². The molecule has 0 fully saturated rings. The number of anilines is 1. The highest BCUT2D eigenvalue weighted by Gasteiger charge is 2.16. The van der Waals surface area contributed by atoms with Crippen LogP contribution in [-0.2, 0) is 11.8 Å². The first-order chi connectivity index (χ1) is 10.2. The lowest BCUT2D eigenvalue weighted by atomic mass is 10.2. The molecule has 1 aromatic heterocycles. The summed E-state index contributed by atoms with van der Waals surface area (Å²) in [6, 6.07) is 11.4. The van der Waals surface area contributed by atoms with Crippen molar-refractivity contribution in [2.24, 2.45) is 7.05 Å². The van der Waals surface area contributed by atoms with E-state index in [9.17, 15) is 4.79 Å². The minimum Gasteiger partial charge on any atom is -0.312 e. The van der Waals surface area contributed by atoms with E-state index in [1.807, 2.05) is 37.4 Å². The molecular formula is C14H15N5OS. The molecule has 1 amide bonds. The van der Waals surface area contributed by atoms with Gasteiger partial charge in [0.05, 0.1) is 18.2 Å². The van der Waals surface area contributed by atoms with Gasteiger partial charge in [-0.2, -0.15) is 5.26 Å². The van der Waals surface area contributed by atoms with Crippen LogP contribution >= 0.6 is 11.8 Å². The standard InChI is InChI=1S/C14H15N5OS/c1-18-11-16-17-14(18)21-10-13(20)19(9-5-8-15)12-6-3-2-4-7-12/h2-4,6-7,11H,5,9-10H2,1H3. The maximum absolute atomic E-state index is 12.4.